The third-order valence-corrected chi connectivity index (χ3v) is 4.25. The Hall–Kier alpha value is -2.08. The van der Waals surface area contributed by atoms with Crippen molar-refractivity contribution < 1.29 is 14.0 Å². The number of benzene rings is 1. The van der Waals surface area contributed by atoms with Gasteiger partial charge in [-0.2, -0.15) is 0 Å². The highest BCUT2D eigenvalue weighted by molar-refractivity contribution is 9.10. The number of rotatable bonds is 3. The molecule has 2 aromatic rings. The lowest BCUT2D eigenvalue weighted by atomic mass is 10.1. The van der Waals surface area contributed by atoms with Crippen molar-refractivity contribution in [3.63, 3.8) is 0 Å². The van der Waals surface area contributed by atoms with Crippen LogP contribution in [0.3, 0.4) is 0 Å². The van der Waals surface area contributed by atoms with Gasteiger partial charge in [-0.25, -0.2) is 0 Å². The second-order valence-electron chi connectivity index (χ2n) is 5.75. The first kappa shape index (κ1) is 15.8. The molecule has 1 fully saturated rings. The summed E-state index contributed by atoms with van der Waals surface area (Å²) in [6.07, 6.45) is 0.583. The van der Waals surface area contributed by atoms with Gasteiger partial charge in [0.05, 0.1) is 0 Å². The number of nitrogens with one attached hydrogen (secondary N) is 1. The van der Waals surface area contributed by atoms with Crippen LogP contribution in [0.15, 0.2) is 39.4 Å². The van der Waals surface area contributed by atoms with Crippen LogP contribution in [-0.2, 0) is 4.79 Å². The molecule has 0 radical (unpaired) electrons. The third-order valence-electron chi connectivity index (χ3n) is 3.83. The molecule has 2 amide bonds. The molecule has 0 bridgehead atoms. The molecule has 0 spiro atoms. The van der Waals surface area contributed by atoms with E-state index in [1.54, 1.807) is 17.0 Å². The Kier molecular flexibility index (Phi) is 4.26. The van der Waals surface area contributed by atoms with Gasteiger partial charge in [-0.1, -0.05) is 6.07 Å². The summed E-state index contributed by atoms with van der Waals surface area (Å²) < 4.78 is 5.70. The summed E-state index contributed by atoms with van der Waals surface area (Å²) in [4.78, 5) is 26.4. The SMILES string of the molecule is Cc1cc(C)cc(N2CC[C@H](NC(=O)c3ccc(Br)o3)C2=O)c1. The van der Waals surface area contributed by atoms with Crippen LogP contribution in [0.25, 0.3) is 0 Å². The maximum absolute atomic E-state index is 12.6. The van der Waals surface area contributed by atoms with Crippen molar-refractivity contribution in [1.29, 1.82) is 0 Å². The predicted octanol–water partition coefficient (Wildman–Crippen LogP) is 3.19. The number of hydrogen-bond acceptors (Lipinski definition) is 3. The lowest BCUT2D eigenvalue weighted by Gasteiger charge is -2.18. The van der Waals surface area contributed by atoms with Gasteiger partial charge in [0.1, 0.15) is 6.04 Å². The Morgan fingerprint density at radius 3 is 2.57 bits per heavy atom. The van der Waals surface area contributed by atoms with E-state index < -0.39 is 6.04 Å². The van der Waals surface area contributed by atoms with Crippen LogP contribution in [0.4, 0.5) is 5.69 Å². The fraction of sp³-hybridized carbons (Fsp3) is 0.294. The Bertz CT molecular complexity index is 749. The summed E-state index contributed by atoms with van der Waals surface area (Å²) in [5.41, 5.74) is 3.10. The summed E-state index contributed by atoms with van der Waals surface area (Å²) in [5, 5.41) is 2.74. The summed E-state index contributed by atoms with van der Waals surface area (Å²) in [6, 6.07) is 8.73. The lowest BCUT2D eigenvalue weighted by Crippen LogP contribution is -2.41. The first-order valence-electron chi connectivity index (χ1n) is 7.40. The Balaban J connectivity index is 1.72. The third kappa shape index (κ3) is 3.32. The second kappa shape index (κ2) is 6.20. The van der Waals surface area contributed by atoms with E-state index in [0.29, 0.717) is 17.6 Å². The van der Waals surface area contributed by atoms with Gasteiger partial charge in [0, 0.05) is 12.2 Å². The topological polar surface area (TPSA) is 62.6 Å². The predicted molar refractivity (Wildman–Crippen MR) is 90.5 cm³/mol. The van der Waals surface area contributed by atoms with Crippen LogP contribution in [-0.4, -0.2) is 24.4 Å². The van der Waals surface area contributed by atoms with Crippen molar-refractivity contribution in [3.8, 4) is 0 Å². The molecule has 0 unspecified atom stereocenters. The molecular formula is C17H17BrN2O3. The fourth-order valence-corrected chi connectivity index (χ4v) is 3.15. The number of carbonyl (C=O) groups excluding carboxylic acids is 2. The Morgan fingerprint density at radius 2 is 1.96 bits per heavy atom. The quantitative estimate of drug-likeness (QED) is 0.894. The number of anilines is 1. The summed E-state index contributed by atoms with van der Waals surface area (Å²) in [6.45, 7) is 4.60. The molecular weight excluding hydrogens is 360 g/mol. The van der Waals surface area contributed by atoms with E-state index in [4.69, 9.17) is 4.42 Å². The minimum atomic E-state index is -0.521. The standard InChI is InChI=1S/C17H17BrN2O3/c1-10-7-11(2)9-12(8-10)20-6-5-13(17(20)22)19-16(21)14-3-4-15(18)23-14/h3-4,7-9,13H,5-6H2,1-2H3,(H,19,21)/t13-/m0/s1. The van der Waals surface area contributed by atoms with Gasteiger partial charge < -0.3 is 14.6 Å². The molecule has 1 N–H and O–H groups in total. The molecule has 1 saturated heterocycles. The number of nitrogens with zero attached hydrogens (tertiary/aromatic N) is 1. The van der Waals surface area contributed by atoms with Gasteiger partial charge in [-0.15, -0.1) is 0 Å². The number of carbonyl (C=O) groups is 2. The molecule has 23 heavy (non-hydrogen) atoms. The molecule has 120 valence electrons. The van der Waals surface area contributed by atoms with Crippen LogP contribution in [0.5, 0.6) is 0 Å². The summed E-state index contributed by atoms with van der Waals surface area (Å²) >= 11 is 3.16. The normalized spacial score (nSPS) is 17.6. The molecule has 3 rings (SSSR count). The Morgan fingerprint density at radius 1 is 1.26 bits per heavy atom. The number of furan rings is 1. The second-order valence-corrected chi connectivity index (χ2v) is 6.54. The Labute approximate surface area is 142 Å². The van der Waals surface area contributed by atoms with Crippen LogP contribution in [0.2, 0.25) is 0 Å². The maximum atomic E-state index is 12.6. The van der Waals surface area contributed by atoms with E-state index >= 15 is 0 Å². The van der Waals surface area contributed by atoms with E-state index in [9.17, 15) is 9.59 Å². The fourth-order valence-electron chi connectivity index (χ4n) is 2.84. The van der Waals surface area contributed by atoms with Crippen LogP contribution in [0.1, 0.15) is 28.1 Å². The highest BCUT2D eigenvalue weighted by Gasteiger charge is 2.34. The summed E-state index contributed by atoms with van der Waals surface area (Å²) in [5.74, 6) is -0.278. The monoisotopic (exact) mass is 376 g/mol. The molecule has 1 aromatic heterocycles. The van der Waals surface area contributed by atoms with Crippen molar-refractivity contribution in [3.05, 3.63) is 51.9 Å². The number of amides is 2. The van der Waals surface area contributed by atoms with Crippen LogP contribution >= 0.6 is 15.9 Å². The molecule has 1 aromatic carbocycles. The highest BCUT2D eigenvalue weighted by atomic mass is 79.9. The van der Waals surface area contributed by atoms with Crippen molar-refractivity contribution in [1.82, 2.24) is 5.32 Å². The van der Waals surface area contributed by atoms with E-state index in [2.05, 4.69) is 27.3 Å². The van der Waals surface area contributed by atoms with Crippen molar-refractivity contribution >= 4 is 33.4 Å². The molecule has 6 heteroatoms. The van der Waals surface area contributed by atoms with Crippen LogP contribution < -0.4 is 10.2 Å². The van der Waals surface area contributed by atoms with E-state index in [0.717, 1.165) is 16.8 Å². The first-order valence-corrected chi connectivity index (χ1v) is 8.19. The molecule has 1 aliphatic rings. The molecule has 2 heterocycles. The minimum Gasteiger partial charge on any atom is -0.444 e. The van der Waals surface area contributed by atoms with Gasteiger partial charge >= 0.3 is 0 Å². The van der Waals surface area contributed by atoms with Gasteiger partial charge in [0.25, 0.3) is 5.91 Å². The smallest absolute Gasteiger partial charge is 0.287 e. The molecule has 0 saturated carbocycles. The number of hydrogen-bond donors (Lipinski definition) is 1. The lowest BCUT2D eigenvalue weighted by molar-refractivity contribution is -0.118. The van der Waals surface area contributed by atoms with Crippen molar-refractivity contribution in [2.75, 3.05) is 11.4 Å². The molecule has 1 aliphatic heterocycles. The first-order chi connectivity index (χ1) is 10.9. The zero-order valence-corrected chi connectivity index (χ0v) is 14.5. The van der Waals surface area contributed by atoms with E-state index in [1.807, 2.05) is 26.0 Å². The molecule has 0 aliphatic carbocycles. The van der Waals surface area contributed by atoms with E-state index in [-0.39, 0.29) is 17.6 Å². The number of halogens is 1. The average molecular weight is 377 g/mol. The van der Waals surface area contributed by atoms with Crippen molar-refractivity contribution in [2.24, 2.45) is 0 Å². The number of aryl methyl sites for hydroxylation is 2. The van der Waals surface area contributed by atoms with Gasteiger partial charge in [-0.3, -0.25) is 9.59 Å². The zero-order chi connectivity index (χ0) is 16.6. The maximum Gasteiger partial charge on any atom is 0.287 e. The van der Waals surface area contributed by atoms with Crippen LogP contribution in [0, 0.1) is 13.8 Å². The van der Waals surface area contributed by atoms with Crippen molar-refractivity contribution in [2.45, 2.75) is 26.3 Å². The summed E-state index contributed by atoms with van der Waals surface area (Å²) in [7, 11) is 0. The molecule has 1 atom stereocenters. The largest absolute Gasteiger partial charge is 0.444 e. The minimum absolute atomic E-state index is 0.0889. The zero-order valence-electron chi connectivity index (χ0n) is 12.9. The van der Waals surface area contributed by atoms with Gasteiger partial charge in [-0.05, 0) is 71.6 Å². The molecule has 5 nitrogen and oxygen atoms in total. The van der Waals surface area contributed by atoms with E-state index in [1.165, 1.54) is 0 Å². The van der Waals surface area contributed by atoms with Gasteiger partial charge in [0.2, 0.25) is 5.91 Å². The van der Waals surface area contributed by atoms with Gasteiger partial charge in [0.15, 0.2) is 10.4 Å². The highest BCUT2D eigenvalue weighted by Crippen LogP contribution is 2.24. The average Bonchev–Trinajstić information content (AvgIpc) is 3.05.